The molecule has 0 atom stereocenters. The van der Waals surface area contributed by atoms with Crippen molar-refractivity contribution in [2.45, 2.75) is 4.90 Å². The normalized spacial score (nSPS) is 11.2. The van der Waals surface area contributed by atoms with Crippen LogP contribution in [0.15, 0.2) is 83.8 Å². The van der Waals surface area contributed by atoms with E-state index in [1.54, 1.807) is 81.0 Å². The van der Waals surface area contributed by atoms with Gasteiger partial charge in [-0.25, -0.2) is 8.42 Å². The van der Waals surface area contributed by atoms with Crippen LogP contribution in [0, 0.1) is 0 Å². The Morgan fingerprint density at radius 3 is 2.03 bits per heavy atom. The Bertz CT molecular complexity index is 1170. The average Bonchev–Trinajstić information content (AvgIpc) is 2.79. The molecule has 160 valence electrons. The van der Waals surface area contributed by atoms with E-state index in [1.165, 1.54) is 18.2 Å². The number of methoxy groups -OCH3 is 2. The second kappa shape index (κ2) is 9.82. The van der Waals surface area contributed by atoms with Crippen molar-refractivity contribution >= 4 is 33.4 Å². The van der Waals surface area contributed by atoms with Gasteiger partial charge in [0, 0.05) is 12.1 Å². The first-order chi connectivity index (χ1) is 14.9. The molecule has 0 saturated heterocycles. The molecule has 0 spiro atoms. The minimum Gasteiger partial charge on any atom is -0.497 e. The first kappa shape index (κ1) is 21.9. The van der Waals surface area contributed by atoms with Gasteiger partial charge < -0.3 is 14.8 Å². The standard InChI is InChI=1S/C23H22N2O5S/c1-29-18-14-17(15-19(16-18)30-2)12-13-23(26)24-21-10-6-7-11-22(21)25-31(27,28)20-8-4-3-5-9-20/h3-16,25H,1-2H3,(H,24,26)/b13-12+. The predicted molar refractivity (Wildman–Crippen MR) is 121 cm³/mol. The maximum Gasteiger partial charge on any atom is 0.261 e. The van der Waals surface area contributed by atoms with Crippen LogP contribution in [-0.4, -0.2) is 28.5 Å². The van der Waals surface area contributed by atoms with Crippen LogP contribution >= 0.6 is 0 Å². The molecule has 1 amide bonds. The Labute approximate surface area is 181 Å². The number of hydrogen-bond acceptors (Lipinski definition) is 5. The summed E-state index contributed by atoms with van der Waals surface area (Å²) in [5.74, 6) is 0.772. The number of sulfonamides is 1. The molecule has 3 rings (SSSR count). The molecule has 0 aliphatic carbocycles. The van der Waals surface area contributed by atoms with E-state index >= 15 is 0 Å². The zero-order chi connectivity index (χ0) is 22.3. The smallest absolute Gasteiger partial charge is 0.261 e. The van der Waals surface area contributed by atoms with Crippen molar-refractivity contribution in [2.24, 2.45) is 0 Å². The quantitative estimate of drug-likeness (QED) is 0.515. The fourth-order valence-corrected chi connectivity index (χ4v) is 3.86. The molecule has 0 aliphatic rings. The van der Waals surface area contributed by atoms with E-state index < -0.39 is 15.9 Å². The number of hydrogen-bond donors (Lipinski definition) is 2. The minimum absolute atomic E-state index is 0.128. The Morgan fingerprint density at radius 1 is 0.839 bits per heavy atom. The largest absolute Gasteiger partial charge is 0.497 e. The third-order valence-electron chi connectivity index (χ3n) is 4.28. The van der Waals surface area contributed by atoms with E-state index in [9.17, 15) is 13.2 Å². The van der Waals surface area contributed by atoms with Gasteiger partial charge in [-0.3, -0.25) is 9.52 Å². The lowest BCUT2D eigenvalue weighted by Crippen LogP contribution is -2.16. The summed E-state index contributed by atoms with van der Waals surface area (Å²) in [6.07, 6.45) is 2.95. The third-order valence-corrected chi connectivity index (χ3v) is 5.67. The lowest BCUT2D eigenvalue weighted by atomic mass is 10.2. The van der Waals surface area contributed by atoms with Crippen LogP contribution in [0.3, 0.4) is 0 Å². The van der Waals surface area contributed by atoms with Crippen LogP contribution in [-0.2, 0) is 14.8 Å². The maximum atomic E-state index is 12.6. The van der Waals surface area contributed by atoms with Crippen molar-refractivity contribution in [1.29, 1.82) is 0 Å². The number of rotatable bonds is 8. The van der Waals surface area contributed by atoms with Crippen LogP contribution < -0.4 is 19.5 Å². The zero-order valence-electron chi connectivity index (χ0n) is 17.0. The second-order valence-corrected chi connectivity index (χ2v) is 8.12. The molecule has 7 nitrogen and oxygen atoms in total. The molecule has 0 aromatic heterocycles. The topological polar surface area (TPSA) is 93.7 Å². The maximum absolute atomic E-state index is 12.6. The first-order valence-electron chi connectivity index (χ1n) is 9.30. The van der Waals surface area contributed by atoms with E-state index in [4.69, 9.17) is 9.47 Å². The molecule has 0 radical (unpaired) electrons. The summed E-state index contributed by atoms with van der Waals surface area (Å²) < 4.78 is 38.2. The highest BCUT2D eigenvalue weighted by molar-refractivity contribution is 7.92. The molecule has 0 unspecified atom stereocenters. The lowest BCUT2D eigenvalue weighted by Gasteiger charge is -2.13. The van der Waals surface area contributed by atoms with Gasteiger partial charge in [0.2, 0.25) is 5.91 Å². The molecule has 0 bridgehead atoms. The molecule has 2 N–H and O–H groups in total. The van der Waals surface area contributed by atoms with E-state index in [2.05, 4.69) is 10.0 Å². The highest BCUT2D eigenvalue weighted by Crippen LogP contribution is 2.25. The van der Waals surface area contributed by atoms with Gasteiger partial charge in [-0.2, -0.15) is 0 Å². The van der Waals surface area contributed by atoms with Gasteiger partial charge in [-0.15, -0.1) is 0 Å². The van der Waals surface area contributed by atoms with Crippen molar-refractivity contribution < 1.29 is 22.7 Å². The number of ether oxygens (including phenoxy) is 2. The third kappa shape index (κ3) is 5.86. The molecule has 0 aliphatic heterocycles. The number of nitrogens with one attached hydrogen (secondary N) is 2. The molecule has 8 heteroatoms. The van der Waals surface area contributed by atoms with Gasteiger partial charge in [-0.05, 0) is 48.0 Å². The summed E-state index contributed by atoms with van der Waals surface area (Å²) in [6.45, 7) is 0. The Morgan fingerprint density at radius 2 is 1.42 bits per heavy atom. The summed E-state index contributed by atoms with van der Waals surface area (Å²) in [4.78, 5) is 12.6. The summed E-state index contributed by atoms with van der Waals surface area (Å²) >= 11 is 0. The number of benzene rings is 3. The van der Waals surface area contributed by atoms with Gasteiger partial charge in [-0.1, -0.05) is 30.3 Å². The van der Waals surface area contributed by atoms with Crippen molar-refractivity contribution in [2.75, 3.05) is 24.3 Å². The van der Waals surface area contributed by atoms with Crippen molar-refractivity contribution in [1.82, 2.24) is 0 Å². The SMILES string of the molecule is COc1cc(/C=C/C(=O)Nc2ccccc2NS(=O)(=O)c2ccccc2)cc(OC)c1. The fourth-order valence-electron chi connectivity index (χ4n) is 2.76. The number of anilines is 2. The van der Waals surface area contributed by atoms with Crippen LogP contribution in [0.25, 0.3) is 6.08 Å². The van der Waals surface area contributed by atoms with Gasteiger partial charge in [0.25, 0.3) is 10.0 Å². The first-order valence-corrected chi connectivity index (χ1v) is 10.8. The van der Waals surface area contributed by atoms with Crippen LogP contribution in [0.1, 0.15) is 5.56 Å². The van der Waals surface area contributed by atoms with Gasteiger partial charge in [0.05, 0.1) is 30.5 Å². The summed E-state index contributed by atoms with van der Waals surface area (Å²) in [5, 5.41) is 2.70. The van der Waals surface area contributed by atoms with Crippen LogP contribution in [0.4, 0.5) is 11.4 Å². The van der Waals surface area contributed by atoms with E-state index in [0.717, 1.165) is 0 Å². The molecule has 0 saturated carbocycles. The molecule has 0 heterocycles. The van der Waals surface area contributed by atoms with E-state index in [0.29, 0.717) is 22.7 Å². The molecule has 3 aromatic carbocycles. The predicted octanol–water partition coefficient (Wildman–Crippen LogP) is 4.16. The van der Waals surface area contributed by atoms with Crippen LogP contribution in [0.5, 0.6) is 11.5 Å². The van der Waals surface area contributed by atoms with Gasteiger partial charge >= 0.3 is 0 Å². The van der Waals surface area contributed by atoms with Crippen molar-refractivity contribution in [3.63, 3.8) is 0 Å². The highest BCUT2D eigenvalue weighted by atomic mass is 32.2. The lowest BCUT2D eigenvalue weighted by molar-refractivity contribution is -0.111. The average molecular weight is 439 g/mol. The van der Waals surface area contributed by atoms with E-state index in [1.807, 2.05) is 0 Å². The van der Waals surface area contributed by atoms with Crippen LogP contribution in [0.2, 0.25) is 0 Å². The molecule has 3 aromatic rings. The molecular weight excluding hydrogens is 416 g/mol. The summed E-state index contributed by atoms with van der Waals surface area (Å²) in [6, 6.07) is 19.8. The molecule has 31 heavy (non-hydrogen) atoms. The Kier molecular flexibility index (Phi) is 6.94. The zero-order valence-corrected chi connectivity index (χ0v) is 17.8. The summed E-state index contributed by atoms with van der Waals surface area (Å²) in [5.41, 5.74) is 1.31. The molecular formula is C23H22N2O5S. The Balaban J connectivity index is 1.77. The Hall–Kier alpha value is -3.78. The fraction of sp³-hybridized carbons (Fsp3) is 0.0870. The number of carbonyl (C=O) groups excluding carboxylic acids is 1. The number of para-hydroxylation sites is 2. The second-order valence-electron chi connectivity index (χ2n) is 6.43. The van der Waals surface area contributed by atoms with Crippen molar-refractivity contribution in [3.05, 3.63) is 84.4 Å². The number of carbonyl (C=O) groups is 1. The highest BCUT2D eigenvalue weighted by Gasteiger charge is 2.16. The summed E-state index contributed by atoms with van der Waals surface area (Å²) in [7, 11) is -0.701. The van der Waals surface area contributed by atoms with E-state index in [-0.39, 0.29) is 10.6 Å². The van der Waals surface area contributed by atoms with Gasteiger partial charge in [0.15, 0.2) is 0 Å². The minimum atomic E-state index is -3.79. The van der Waals surface area contributed by atoms with Gasteiger partial charge in [0.1, 0.15) is 11.5 Å². The monoisotopic (exact) mass is 438 g/mol. The number of amides is 1. The molecule has 0 fully saturated rings. The van der Waals surface area contributed by atoms with Crippen molar-refractivity contribution in [3.8, 4) is 11.5 Å².